The highest BCUT2D eigenvalue weighted by Crippen LogP contribution is 2.23. The van der Waals surface area contributed by atoms with Crippen molar-refractivity contribution in [2.24, 2.45) is 0 Å². The van der Waals surface area contributed by atoms with Gasteiger partial charge in [0.15, 0.2) is 16.7 Å². The first-order chi connectivity index (χ1) is 8.92. The maximum Gasteiger partial charge on any atom is 0.263 e. The van der Waals surface area contributed by atoms with Crippen molar-refractivity contribution >= 4 is 26.5 Å². The smallest absolute Gasteiger partial charge is 0.263 e. The zero-order valence-electron chi connectivity index (χ0n) is 10.2. The van der Waals surface area contributed by atoms with Crippen LogP contribution in [0, 0.1) is 12.7 Å². The van der Waals surface area contributed by atoms with Gasteiger partial charge in [-0.25, -0.2) is 17.8 Å². The number of hydrogen-bond acceptors (Lipinski definition) is 5. The van der Waals surface area contributed by atoms with Crippen LogP contribution < -0.4 is 9.46 Å². The first-order valence-corrected chi connectivity index (χ1v) is 7.57. The fourth-order valence-corrected chi connectivity index (χ4v) is 3.34. The average molecular weight is 302 g/mol. The van der Waals surface area contributed by atoms with Gasteiger partial charge in [-0.3, -0.25) is 4.72 Å². The number of ether oxygens (including phenoxy) is 1. The Hall–Kier alpha value is -1.67. The summed E-state index contributed by atoms with van der Waals surface area (Å²) >= 11 is 1.16. The van der Waals surface area contributed by atoms with E-state index in [-0.39, 0.29) is 15.8 Å². The molecule has 102 valence electrons. The van der Waals surface area contributed by atoms with Gasteiger partial charge in [0.05, 0.1) is 17.7 Å². The third-order valence-electron chi connectivity index (χ3n) is 2.27. The van der Waals surface area contributed by atoms with Crippen LogP contribution in [0.25, 0.3) is 0 Å². The minimum absolute atomic E-state index is 0.0101. The number of nitrogens with one attached hydrogen (secondary N) is 1. The average Bonchev–Trinajstić information content (AvgIpc) is 2.73. The molecule has 19 heavy (non-hydrogen) atoms. The van der Waals surface area contributed by atoms with E-state index in [0.29, 0.717) is 5.69 Å². The quantitative estimate of drug-likeness (QED) is 0.941. The van der Waals surface area contributed by atoms with E-state index in [9.17, 15) is 12.8 Å². The SMILES string of the molecule is COc1ccc(S(=O)(=O)Nc2nc(C)cs2)cc1F. The molecule has 0 aliphatic carbocycles. The third-order valence-corrected chi connectivity index (χ3v) is 4.62. The van der Waals surface area contributed by atoms with Crippen molar-refractivity contribution in [2.75, 3.05) is 11.8 Å². The second-order valence-corrected chi connectivity index (χ2v) is 6.24. The first kappa shape index (κ1) is 13.8. The fraction of sp³-hybridized carbons (Fsp3) is 0.182. The highest BCUT2D eigenvalue weighted by Gasteiger charge is 2.18. The molecule has 0 radical (unpaired) electrons. The Balaban J connectivity index is 2.31. The molecule has 0 unspecified atom stereocenters. The number of aryl methyl sites for hydroxylation is 1. The number of sulfonamides is 1. The van der Waals surface area contributed by atoms with Crippen molar-refractivity contribution in [1.29, 1.82) is 0 Å². The first-order valence-electron chi connectivity index (χ1n) is 5.21. The van der Waals surface area contributed by atoms with E-state index in [4.69, 9.17) is 4.74 Å². The van der Waals surface area contributed by atoms with E-state index in [2.05, 4.69) is 9.71 Å². The molecule has 1 aromatic carbocycles. The number of thiazole rings is 1. The molecule has 0 saturated heterocycles. The lowest BCUT2D eigenvalue weighted by molar-refractivity contribution is 0.385. The van der Waals surface area contributed by atoms with Crippen LogP contribution in [-0.4, -0.2) is 20.5 Å². The number of nitrogens with zero attached hydrogens (tertiary/aromatic N) is 1. The molecule has 1 aromatic heterocycles. The lowest BCUT2D eigenvalue weighted by Gasteiger charge is -2.07. The van der Waals surface area contributed by atoms with Gasteiger partial charge in [0.1, 0.15) is 0 Å². The van der Waals surface area contributed by atoms with Crippen molar-refractivity contribution in [1.82, 2.24) is 4.98 Å². The van der Waals surface area contributed by atoms with Crippen LogP contribution in [0.4, 0.5) is 9.52 Å². The summed E-state index contributed by atoms with van der Waals surface area (Å²) < 4.78 is 44.5. The number of benzene rings is 1. The second-order valence-electron chi connectivity index (χ2n) is 3.70. The van der Waals surface area contributed by atoms with Gasteiger partial charge in [-0.15, -0.1) is 11.3 Å². The fourth-order valence-electron chi connectivity index (χ4n) is 1.39. The highest BCUT2D eigenvalue weighted by atomic mass is 32.2. The zero-order chi connectivity index (χ0) is 14.0. The van der Waals surface area contributed by atoms with Gasteiger partial charge in [-0.05, 0) is 25.1 Å². The molecule has 0 atom stereocenters. The maximum absolute atomic E-state index is 13.5. The van der Waals surface area contributed by atoms with Crippen LogP contribution in [0.2, 0.25) is 0 Å². The van der Waals surface area contributed by atoms with E-state index in [0.717, 1.165) is 17.4 Å². The van der Waals surface area contributed by atoms with Gasteiger partial charge in [-0.1, -0.05) is 0 Å². The molecule has 0 spiro atoms. The molecule has 2 aromatic rings. The molecule has 0 aliphatic rings. The minimum atomic E-state index is -3.85. The standard InChI is InChI=1S/C11H11FN2O3S2/c1-7-6-18-11(13-7)14-19(15,16)8-3-4-10(17-2)9(12)5-8/h3-6H,1-2H3,(H,13,14). The minimum Gasteiger partial charge on any atom is -0.494 e. The molecule has 5 nitrogen and oxygen atoms in total. The van der Waals surface area contributed by atoms with Crippen LogP contribution in [0.1, 0.15) is 5.69 Å². The third kappa shape index (κ3) is 3.02. The summed E-state index contributed by atoms with van der Waals surface area (Å²) in [5.41, 5.74) is 0.712. The van der Waals surface area contributed by atoms with Crippen molar-refractivity contribution in [3.8, 4) is 5.75 Å². The molecule has 0 amide bonds. The Morgan fingerprint density at radius 1 is 1.42 bits per heavy atom. The topological polar surface area (TPSA) is 68.3 Å². The van der Waals surface area contributed by atoms with Crippen LogP contribution in [0.15, 0.2) is 28.5 Å². The molecule has 1 N–H and O–H groups in total. The van der Waals surface area contributed by atoms with Gasteiger partial charge in [0.25, 0.3) is 10.0 Å². The molecule has 0 fully saturated rings. The molecular weight excluding hydrogens is 291 g/mol. The molecule has 8 heteroatoms. The number of rotatable bonds is 4. The van der Waals surface area contributed by atoms with Crippen molar-refractivity contribution in [3.05, 3.63) is 35.1 Å². The largest absolute Gasteiger partial charge is 0.494 e. The Morgan fingerprint density at radius 3 is 2.68 bits per heavy atom. The summed E-state index contributed by atoms with van der Waals surface area (Å²) in [6, 6.07) is 3.43. The summed E-state index contributed by atoms with van der Waals surface area (Å²) in [6.45, 7) is 1.75. The highest BCUT2D eigenvalue weighted by molar-refractivity contribution is 7.93. The van der Waals surface area contributed by atoms with Crippen molar-refractivity contribution in [3.63, 3.8) is 0 Å². The molecular formula is C11H11FN2O3S2. The van der Waals surface area contributed by atoms with Gasteiger partial charge >= 0.3 is 0 Å². The second kappa shape index (κ2) is 5.14. The van der Waals surface area contributed by atoms with Gasteiger partial charge < -0.3 is 4.74 Å². The van der Waals surface area contributed by atoms with Crippen LogP contribution >= 0.6 is 11.3 Å². The normalized spacial score (nSPS) is 11.3. The lowest BCUT2D eigenvalue weighted by atomic mass is 10.3. The number of aromatic nitrogens is 1. The summed E-state index contributed by atoms with van der Waals surface area (Å²) in [5, 5.41) is 1.96. The number of methoxy groups -OCH3 is 1. The summed E-state index contributed by atoms with van der Waals surface area (Å²) in [7, 11) is -2.54. The summed E-state index contributed by atoms with van der Waals surface area (Å²) in [5.74, 6) is -0.746. The van der Waals surface area contributed by atoms with E-state index < -0.39 is 15.8 Å². The molecule has 0 aliphatic heterocycles. The Labute approximate surface area is 114 Å². The van der Waals surface area contributed by atoms with Crippen LogP contribution in [-0.2, 0) is 10.0 Å². The predicted octanol–water partition coefficient (Wildman–Crippen LogP) is 2.40. The zero-order valence-corrected chi connectivity index (χ0v) is 11.8. The van der Waals surface area contributed by atoms with Gasteiger partial charge in [0.2, 0.25) is 0 Å². The Kier molecular flexibility index (Phi) is 3.72. The maximum atomic E-state index is 13.5. The number of halogens is 1. The summed E-state index contributed by atoms with van der Waals surface area (Å²) in [6.07, 6.45) is 0. The molecule has 1 heterocycles. The Morgan fingerprint density at radius 2 is 2.16 bits per heavy atom. The number of anilines is 1. The van der Waals surface area contributed by atoms with E-state index in [1.54, 1.807) is 12.3 Å². The Bertz CT molecular complexity index is 698. The summed E-state index contributed by atoms with van der Waals surface area (Å²) in [4.78, 5) is 3.81. The number of hydrogen-bond donors (Lipinski definition) is 1. The molecule has 2 rings (SSSR count). The molecule has 0 bridgehead atoms. The predicted molar refractivity (Wildman–Crippen MR) is 70.6 cm³/mol. The van der Waals surface area contributed by atoms with Crippen molar-refractivity contribution < 1.29 is 17.5 Å². The van der Waals surface area contributed by atoms with Gasteiger partial charge in [0, 0.05) is 5.38 Å². The van der Waals surface area contributed by atoms with Gasteiger partial charge in [-0.2, -0.15) is 0 Å². The van der Waals surface area contributed by atoms with E-state index >= 15 is 0 Å². The lowest BCUT2D eigenvalue weighted by Crippen LogP contribution is -2.13. The van der Waals surface area contributed by atoms with Crippen LogP contribution in [0.3, 0.4) is 0 Å². The molecule has 0 saturated carbocycles. The van der Waals surface area contributed by atoms with E-state index in [1.807, 2.05) is 0 Å². The monoisotopic (exact) mass is 302 g/mol. The van der Waals surface area contributed by atoms with E-state index in [1.165, 1.54) is 19.2 Å². The van der Waals surface area contributed by atoms with Crippen LogP contribution in [0.5, 0.6) is 5.75 Å². The van der Waals surface area contributed by atoms with Crippen molar-refractivity contribution in [2.45, 2.75) is 11.8 Å².